The van der Waals surface area contributed by atoms with Gasteiger partial charge < -0.3 is 4.74 Å². The number of aromatic nitrogens is 2. The van der Waals surface area contributed by atoms with Gasteiger partial charge in [-0.25, -0.2) is 19.2 Å². The molecule has 0 spiro atoms. The van der Waals surface area contributed by atoms with E-state index in [2.05, 4.69) is 9.97 Å². The maximum atomic E-state index is 14.0. The average molecular weight is 240 g/mol. The van der Waals surface area contributed by atoms with Crippen molar-refractivity contribution in [2.24, 2.45) is 5.41 Å². The molecule has 0 unspecified atom stereocenters. The van der Waals surface area contributed by atoms with Crippen LogP contribution in [0.3, 0.4) is 0 Å². The summed E-state index contributed by atoms with van der Waals surface area (Å²) in [7, 11) is 0. The Hall–Kier alpha value is -1.52. The second-order valence-corrected chi connectivity index (χ2v) is 4.94. The van der Waals surface area contributed by atoms with Crippen LogP contribution in [-0.2, 0) is 11.2 Å². The molecule has 17 heavy (non-hydrogen) atoms. The monoisotopic (exact) mass is 240 g/mol. The molecule has 0 radical (unpaired) electrons. The average Bonchev–Trinajstić information content (AvgIpc) is 2.19. The smallest absolute Gasteiger partial charge is 0.360 e. The van der Waals surface area contributed by atoms with Crippen molar-refractivity contribution < 1.29 is 13.9 Å². The van der Waals surface area contributed by atoms with Gasteiger partial charge in [-0.1, -0.05) is 20.8 Å². The van der Waals surface area contributed by atoms with E-state index in [4.69, 9.17) is 4.74 Å². The first kappa shape index (κ1) is 13.5. The van der Waals surface area contributed by atoms with Crippen LogP contribution in [0.1, 0.15) is 43.9 Å². The molecule has 0 aliphatic carbocycles. The van der Waals surface area contributed by atoms with Crippen LogP contribution < -0.4 is 0 Å². The lowest BCUT2D eigenvalue weighted by molar-refractivity contribution is 0.0512. The second-order valence-electron chi connectivity index (χ2n) is 4.94. The lowest BCUT2D eigenvalue weighted by Gasteiger charge is -2.17. The zero-order chi connectivity index (χ0) is 13.1. The molecule has 0 fully saturated rings. The summed E-state index contributed by atoms with van der Waals surface area (Å²) < 4.78 is 18.7. The Morgan fingerprint density at radius 3 is 2.59 bits per heavy atom. The molecule has 5 heteroatoms. The molecule has 0 saturated heterocycles. The molecule has 94 valence electrons. The molecule has 1 aromatic rings. The summed E-state index contributed by atoms with van der Waals surface area (Å²) in [6, 6.07) is 0. The minimum atomic E-state index is -0.748. The van der Waals surface area contributed by atoms with Crippen molar-refractivity contribution in [1.82, 2.24) is 9.97 Å². The first-order valence-corrected chi connectivity index (χ1v) is 5.51. The summed E-state index contributed by atoms with van der Waals surface area (Å²) in [4.78, 5) is 18.9. The molecule has 4 nitrogen and oxygen atoms in total. The number of ether oxygens (including phenoxy) is 1. The molecule has 0 aromatic carbocycles. The van der Waals surface area contributed by atoms with E-state index < -0.39 is 11.8 Å². The van der Waals surface area contributed by atoms with E-state index in [0.717, 1.165) is 0 Å². The Balaban J connectivity index is 3.03. The largest absolute Gasteiger partial charge is 0.461 e. The topological polar surface area (TPSA) is 52.1 Å². The van der Waals surface area contributed by atoms with Crippen molar-refractivity contribution in [3.05, 3.63) is 23.5 Å². The quantitative estimate of drug-likeness (QED) is 0.761. The Morgan fingerprint density at radius 1 is 1.41 bits per heavy atom. The van der Waals surface area contributed by atoms with E-state index in [1.165, 1.54) is 6.33 Å². The molecule has 1 rings (SSSR count). The predicted molar refractivity (Wildman–Crippen MR) is 61.1 cm³/mol. The minimum absolute atomic E-state index is 0.110. The van der Waals surface area contributed by atoms with Gasteiger partial charge in [-0.2, -0.15) is 0 Å². The second kappa shape index (κ2) is 5.21. The fourth-order valence-corrected chi connectivity index (χ4v) is 1.37. The minimum Gasteiger partial charge on any atom is -0.461 e. The molecule has 0 aliphatic rings. The molecule has 0 saturated carbocycles. The van der Waals surface area contributed by atoms with Crippen LogP contribution in [0.25, 0.3) is 0 Å². The highest BCUT2D eigenvalue weighted by molar-refractivity contribution is 5.87. The maximum Gasteiger partial charge on any atom is 0.360 e. The van der Waals surface area contributed by atoms with Crippen molar-refractivity contribution >= 4 is 5.97 Å². The Morgan fingerprint density at radius 2 is 2.06 bits per heavy atom. The number of hydrogen-bond donors (Lipinski definition) is 0. The highest BCUT2D eigenvalue weighted by Gasteiger charge is 2.22. The standard InChI is InChI=1S/C12H17FN2O2/c1-5-17-11(16)10-9(13)8(14-7-15-10)6-12(2,3)4/h7H,5-6H2,1-4H3. The van der Waals surface area contributed by atoms with E-state index in [1.807, 2.05) is 20.8 Å². The third kappa shape index (κ3) is 3.76. The molecule has 0 aliphatic heterocycles. The summed E-state index contributed by atoms with van der Waals surface area (Å²) in [5.74, 6) is -1.43. The van der Waals surface area contributed by atoms with Gasteiger partial charge in [-0.15, -0.1) is 0 Å². The van der Waals surface area contributed by atoms with E-state index in [1.54, 1.807) is 6.92 Å². The third-order valence-electron chi connectivity index (χ3n) is 2.03. The number of hydrogen-bond acceptors (Lipinski definition) is 4. The third-order valence-corrected chi connectivity index (χ3v) is 2.03. The molecule has 0 atom stereocenters. The van der Waals surface area contributed by atoms with Crippen LogP contribution in [-0.4, -0.2) is 22.5 Å². The van der Waals surface area contributed by atoms with E-state index in [0.29, 0.717) is 6.42 Å². The molecule has 0 bridgehead atoms. The van der Waals surface area contributed by atoms with E-state index in [-0.39, 0.29) is 23.4 Å². The Labute approximate surface area is 100 Å². The zero-order valence-electron chi connectivity index (χ0n) is 10.6. The van der Waals surface area contributed by atoms with Crippen molar-refractivity contribution in [2.75, 3.05) is 6.61 Å². The molecular weight excluding hydrogens is 223 g/mol. The summed E-state index contributed by atoms with van der Waals surface area (Å²) in [5.41, 5.74) is -0.155. The van der Waals surface area contributed by atoms with Crippen molar-refractivity contribution in [1.29, 1.82) is 0 Å². The fraction of sp³-hybridized carbons (Fsp3) is 0.583. The van der Waals surface area contributed by atoms with Crippen molar-refractivity contribution in [3.8, 4) is 0 Å². The summed E-state index contributed by atoms with van der Waals surface area (Å²) in [6.45, 7) is 7.76. The zero-order valence-corrected chi connectivity index (χ0v) is 10.6. The number of nitrogens with zero attached hydrogens (tertiary/aromatic N) is 2. The van der Waals surface area contributed by atoms with Crippen molar-refractivity contribution in [3.63, 3.8) is 0 Å². The van der Waals surface area contributed by atoms with Gasteiger partial charge >= 0.3 is 5.97 Å². The number of halogens is 1. The fourth-order valence-electron chi connectivity index (χ4n) is 1.37. The van der Waals surface area contributed by atoms with Gasteiger partial charge in [-0.3, -0.25) is 0 Å². The van der Waals surface area contributed by atoms with Crippen LogP contribution in [0.5, 0.6) is 0 Å². The van der Waals surface area contributed by atoms with Crippen LogP contribution in [0, 0.1) is 11.2 Å². The summed E-state index contributed by atoms with van der Waals surface area (Å²) in [6.07, 6.45) is 1.63. The SMILES string of the molecule is CCOC(=O)c1ncnc(CC(C)(C)C)c1F. The van der Waals surface area contributed by atoms with Crippen LogP contribution in [0.15, 0.2) is 6.33 Å². The summed E-state index contributed by atoms with van der Waals surface area (Å²) >= 11 is 0. The molecule has 0 amide bonds. The van der Waals surface area contributed by atoms with Gasteiger partial charge in [0, 0.05) is 0 Å². The van der Waals surface area contributed by atoms with Crippen LogP contribution >= 0.6 is 0 Å². The number of carbonyl (C=O) groups excluding carboxylic acids is 1. The number of carbonyl (C=O) groups is 1. The predicted octanol–water partition coefficient (Wildman–Crippen LogP) is 2.38. The molecule has 1 heterocycles. The van der Waals surface area contributed by atoms with Gasteiger partial charge in [0.15, 0.2) is 11.5 Å². The van der Waals surface area contributed by atoms with Gasteiger partial charge in [0.05, 0.1) is 12.3 Å². The molecule has 0 N–H and O–H groups in total. The van der Waals surface area contributed by atoms with Gasteiger partial charge in [0.25, 0.3) is 0 Å². The number of rotatable bonds is 3. The normalized spacial score (nSPS) is 11.4. The Kier molecular flexibility index (Phi) is 4.15. The van der Waals surface area contributed by atoms with Gasteiger partial charge in [-0.05, 0) is 18.8 Å². The lowest BCUT2D eigenvalue weighted by atomic mass is 9.90. The molecular formula is C12H17FN2O2. The first-order chi connectivity index (χ1) is 7.85. The number of esters is 1. The Bertz CT molecular complexity index is 413. The van der Waals surface area contributed by atoms with Crippen molar-refractivity contribution in [2.45, 2.75) is 34.1 Å². The van der Waals surface area contributed by atoms with Crippen LogP contribution in [0.2, 0.25) is 0 Å². The van der Waals surface area contributed by atoms with Gasteiger partial charge in [0.1, 0.15) is 6.33 Å². The highest BCUT2D eigenvalue weighted by Crippen LogP contribution is 2.21. The van der Waals surface area contributed by atoms with Gasteiger partial charge in [0.2, 0.25) is 0 Å². The maximum absolute atomic E-state index is 14.0. The molecule has 1 aromatic heterocycles. The first-order valence-electron chi connectivity index (χ1n) is 5.51. The van der Waals surface area contributed by atoms with Crippen LogP contribution in [0.4, 0.5) is 4.39 Å². The lowest BCUT2D eigenvalue weighted by Crippen LogP contribution is -2.17. The highest BCUT2D eigenvalue weighted by atomic mass is 19.1. The van der Waals surface area contributed by atoms with E-state index >= 15 is 0 Å². The van der Waals surface area contributed by atoms with E-state index in [9.17, 15) is 9.18 Å². The summed E-state index contributed by atoms with van der Waals surface area (Å²) in [5, 5.41) is 0.